The molecule has 17 heavy (non-hydrogen) atoms. The molecule has 96 valence electrons. The zero-order chi connectivity index (χ0) is 12.9. The molecule has 0 aliphatic heterocycles. The van der Waals surface area contributed by atoms with Gasteiger partial charge in [0.25, 0.3) is 0 Å². The standard InChI is InChI=1S/C12H18O2S3/c1-14-11(13,10-8-6-5-7-9-10)12(15-2,16-3)17-4/h5-9,13H,1-4H3. The highest BCUT2D eigenvalue weighted by molar-refractivity contribution is 8.33. The maximum absolute atomic E-state index is 10.9. The van der Waals surface area contributed by atoms with Gasteiger partial charge in [-0.2, -0.15) is 0 Å². The summed E-state index contributed by atoms with van der Waals surface area (Å²) < 4.78 is 4.97. The Hall–Kier alpha value is 0.190. The zero-order valence-corrected chi connectivity index (χ0v) is 12.9. The van der Waals surface area contributed by atoms with Crippen molar-refractivity contribution in [3.05, 3.63) is 35.9 Å². The van der Waals surface area contributed by atoms with Gasteiger partial charge in [0.1, 0.15) is 0 Å². The van der Waals surface area contributed by atoms with Gasteiger partial charge in [-0.3, -0.25) is 0 Å². The van der Waals surface area contributed by atoms with Crippen LogP contribution < -0.4 is 0 Å². The second-order valence-electron chi connectivity index (χ2n) is 3.38. The van der Waals surface area contributed by atoms with Crippen LogP contribution in [-0.4, -0.2) is 34.4 Å². The van der Waals surface area contributed by atoms with Crippen LogP contribution in [0.4, 0.5) is 0 Å². The second-order valence-corrected chi connectivity index (χ2v) is 7.22. The Morgan fingerprint density at radius 2 is 1.47 bits per heavy atom. The maximum atomic E-state index is 10.9. The van der Waals surface area contributed by atoms with Gasteiger partial charge in [-0.05, 0) is 18.8 Å². The van der Waals surface area contributed by atoms with Crippen molar-refractivity contribution in [2.75, 3.05) is 25.9 Å². The Bertz CT molecular complexity index is 333. The smallest absolute Gasteiger partial charge is 0.226 e. The molecular formula is C12H18O2S3. The summed E-state index contributed by atoms with van der Waals surface area (Å²) in [4.78, 5) is 0. The van der Waals surface area contributed by atoms with Crippen molar-refractivity contribution < 1.29 is 9.84 Å². The lowest BCUT2D eigenvalue weighted by Gasteiger charge is -2.42. The minimum absolute atomic E-state index is 0.483. The highest BCUT2D eigenvalue weighted by Crippen LogP contribution is 2.55. The molecule has 0 spiro atoms. The second kappa shape index (κ2) is 6.38. The van der Waals surface area contributed by atoms with Crippen LogP contribution in [0.5, 0.6) is 0 Å². The van der Waals surface area contributed by atoms with Crippen LogP contribution in [0, 0.1) is 0 Å². The van der Waals surface area contributed by atoms with Gasteiger partial charge in [0.2, 0.25) is 5.79 Å². The van der Waals surface area contributed by atoms with Gasteiger partial charge < -0.3 is 9.84 Å². The van der Waals surface area contributed by atoms with Crippen molar-refractivity contribution in [1.29, 1.82) is 0 Å². The van der Waals surface area contributed by atoms with E-state index in [0.717, 1.165) is 5.56 Å². The van der Waals surface area contributed by atoms with Crippen LogP contribution >= 0.6 is 35.3 Å². The molecular weight excluding hydrogens is 272 g/mol. The van der Waals surface area contributed by atoms with Gasteiger partial charge in [-0.1, -0.05) is 30.3 Å². The number of methoxy groups -OCH3 is 1. The van der Waals surface area contributed by atoms with Crippen molar-refractivity contribution in [1.82, 2.24) is 0 Å². The van der Waals surface area contributed by atoms with E-state index in [1.807, 2.05) is 49.1 Å². The quantitative estimate of drug-likeness (QED) is 0.813. The normalized spacial score (nSPS) is 15.6. The third-order valence-corrected chi connectivity index (χ3v) is 8.12. The summed E-state index contributed by atoms with van der Waals surface area (Å²) >= 11 is 4.78. The predicted molar refractivity (Wildman–Crippen MR) is 80.6 cm³/mol. The Balaban J connectivity index is 3.28. The molecule has 0 aromatic heterocycles. The van der Waals surface area contributed by atoms with E-state index in [0.29, 0.717) is 0 Å². The number of hydrogen-bond acceptors (Lipinski definition) is 5. The largest absolute Gasteiger partial charge is 0.359 e. The van der Waals surface area contributed by atoms with Crippen LogP contribution in [-0.2, 0) is 10.5 Å². The van der Waals surface area contributed by atoms with E-state index in [-0.39, 0.29) is 0 Å². The van der Waals surface area contributed by atoms with Crippen molar-refractivity contribution in [2.24, 2.45) is 0 Å². The van der Waals surface area contributed by atoms with Crippen LogP contribution in [0.15, 0.2) is 30.3 Å². The number of hydrogen-bond donors (Lipinski definition) is 1. The van der Waals surface area contributed by atoms with Crippen LogP contribution in [0.2, 0.25) is 0 Å². The maximum Gasteiger partial charge on any atom is 0.226 e. The summed E-state index contributed by atoms with van der Waals surface area (Å²) in [7, 11) is 1.55. The van der Waals surface area contributed by atoms with Gasteiger partial charge in [0.05, 0.1) is 0 Å². The topological polar surface area (TPSA) is 29.5 Å². The summed E-state index contributed by atoms with van der Waals surface area (Å²) in [6.07, 6.45) is 5.96. The Morgan fingerprint density at radius 1 is 1.00 bits per heavy atom. The fourth-order valence-corrected chi connectivity index (χ4v) is 5.18. The van der Waals surface area contributed by atoms with Crippen molar-refractivity contribution in [3.8, 4) is 0 Å². The first-order valence-corrected chi connectivity index (χ1v) is 8.76. The van der Waals surface area contributed by atoms with E-state index in [2.05, 4.69) is 0 Å². The summed E-state index contributed by atoms with van der Waals surface area (Å²) in [5, 5.41) is 10.9. The third-order valence-electron chi connectivity index (χ3n) is 2.68. The number of aliphatic hydroxyl groups is 1. The molecule has 2 nitrogen and oxygen atoms in total. The molecule has 1 N–H and O–H groups in total. The number of rotatable bonds is 6. The highest BCUT2D eigenvalue weighted by atomic mass is 32.3. The number of ether oxygens (including phenoxy) is 1. The average molecular weight is 290 g/mol. The molecule has 0 heterocycles. The Morgan fingerprint density at radius 3 is 1.82 bits per heavy atom. The van der Waals surface area contributed by atoms with E-state index in [4.69, 9.17) is 4.74 Å². The molecule has 0 saturated heterocycles. The summed E-state index contributed by atoms with van der Waals surface area (Å²) in [6, 6.07) is 9.52. The molecule has 0 aliphatic carbocycles. The lowest BCUT2D eigenvalue weighted by molar-refractivity contribution is -0.186. The van der Waals surface area contributed by atoms with Crippen LogP contribution in [0.25, 0.3) is 0 Å². The highest BCUT2D eigenvalue weighted by Gasteiger charge is 2.51. The third kappa shape index (κ3) is 2.63. The molecule has 0 radical (unpaired) electrons. The first kappa shape index (κ1) is 15.2. The Labute approximate surface area is 116 Å². The summed E-state index contributed by atoms with van der Waals surface area (Å²) in [6.45, 7) is 0. The van der Waals surface area contributed by atoms with E-state index in [1.165, 1.54) is 0 Å². The first-order chi connectivity index (χ1) is 8.10. The van der Waals surface area contributed by atoms with E-state index in [1.54, 1.807) is 42.4 Å². The fraction of sp³-hybridized carbons (Fsp3) is 0.500. The van der Waals surface area contributed by atoms with E-state index < -0.39 is 9.20 Å². The SMILES string of the molecule is COC(O)(c1ccccc1)C(SC)(SC)SC. The van der Waals surface area contributed by atoms with Crippen molar-refractivity contribution >= 4 is 35.3 Å². The summed E-state index contributed by atoms with van der Waals surface area (Å²) in [5.74, 6) is -1.31. The molecule has 1 rings (SSSR count). The first-order valence-electron chi connectivity index (χ1n) is 5.08. The molecule has 1 unspecified atom stereocenters. The molecule has 0 saturated carbocycles. The summed E-state index contributed by atoms with van der Waals surface area (Å²) in [5.41, 5.74) is 0.778. The van der Waals surface area contributed by atoms with Gasteiger partial charge >= 0.3 is 0 Å². The Kier molecular flexibility index (Phi) is 5.73. The average Bonchev–Trinajstić information content (AvgIpc) is 2.42. The van der Waals surface area contributed by atoms with Gasteiger partial charge in [0.15, 0.2) is 3.41 Å². The fourth-order valence-electron chi connectivity index (χ4n) is 1.75. The molecule has 1 atom stereocenters. The predicted octanol–water partition coefficient (Wildman–Crippen LogP) is 3.22. The molecule has 0 amide bonds. The molecule has 1 aromatic rings. The molecule has 5 heteroatoms. The number of thioether (sulfide) groups is 3. The van der Waals surface area contributed by atoms with Crippen molar-refractivity contribution in [2.45, 2.75) is 9.20 Å². The molecule has 1 aromatic carbocycles. The molecule has 0 aliphatic rings. The minimum Gasteiger partial charge on any atom is -0.359 e. The lowest BCUT2D eigenvalue weighted by atomic mass is 10.1. The molecule has 0 bridgehead atoms. The molecule has 0 fully saturated rings. The van der Waals surface area contributed by atoms with E-state index in [9.17, 15) is 5.11 Å². The van der Waals surface area contributed by atoms with Crippen LogP contribution in [0.1, 0.15) is 5.56 Å². The number of benzene rings is 1. The monoisotopic (exact) mass is 290 g/mol. The van der Waals surface area contributed by atoms with Crippen molar-refractivity contribution in [3.63, 3.8) is 0 Å². The van der Waals surface area contributed by atoms with E-state index >= 15 is 0 Å². The van der Waals surface area contributed by atoms with Gasteiger partial charge in [-0.15, -0.1) is 35.3 Å². The zero-order valence-electron chi connectivity index (χ0n) is 10.5. The van der Waals surface area contributed by atoms with Gasteiger partial charge in [-0.25, -0.2) is 0 Å². The lowest BCUT2D eigenvalue weighted by Crippen LogP contribution is -2.46. The van der Waals surface area contributed by atoms with Gasteiger partial charge in [0, 0.05) is 12.7 Å². The van der Waals surface area contributed by atoms with Crippen LogP contribution in [0.3, 0.4) is 0 Å². The minimum atomic E-state index is -1.31.